The molecule has 0 saturated heterocycles. The van der Waals surface area contributed by atoms with Crippen molar-refractivity contribution in [1.82, 2.24) is 9.97 Å². The van der Waals surface area contributed by atoms with Gasteiger partial charge in [-0.15, -0.1) is 0 Å². The van der Waals surface area contributed by atoms with E-state index in [1.165, 1.54) is 7.11 Å². The molecule has 1 aromatic carbocycles. The molecule has 110 valence electrons. The number of aromatic nitrogens is 2. The monoisotopic (exact) mass is 308 g/mol. The van der Waals surface area contributed by atoms with Crippen molar-refractivity contribution in [1.29, 1.82) is 0 Å². The molecule has 0 bridgehead atoms. The third-order valence-electron chi connectivity index (χ3n) is 2.89. The van der Waals surface area contributed by atoms with Crippen LogP contribution >= 0.6 is 0 Å². The van der Waals surface area contributed by atoms with Gasteiger partial charge in [-0.05, 0) is 18.2 Å². The van der Waals surface area contributed by atoms with Gasteiger partial charge in [-0.25, -0.2) is 13.4 Å². The molecule has 1 aromatic heterocycles. The van der Waals surface area contributed by atoms with Crippen LogP contribution in [0.5, 0.6) is 17.4 Å². The van der Waals surface area contributed by atoms with Crippen molar-refractivity contribution in [2.45, 2.75) is 5.16 Å². The Balaban J connectivity index is 2.13. The average Bonchev–Trinajstić information content (AvgIpc) is 2.93. The summed E-state index contributed by atoms with van der Waals surface area (Å²) in [5.74, 6) is 1.41. The molecule has 0 amide bonds. The molecule has 2 heterocycles. The van der Waals surface area contributed by atoms with Gasteiger partial charge in [0.05, 0.1) is 12.8 Å². The maximum absolute atomic E-state index is 11.6. The van der Waals surface area contributed by atoms with E-state index in [1.807, 2.05) is 0 Å². The molecule has 0 radical (unpaired) electrons. The molecule has 7 nitrogen and oxygen atoms in total. The lowest BCUT2D eigenvalue weighted by molar-refractivity contribution is 0.174. The van der Waals surface area contributed by atoms with E-state index in [-0.39, 0.29) is 17.8 Å². The number of hydrogen-bond donors (Lipinski definition) is 0. The zero-order chi connectivity index (χ0) is 15.0. The van der Waals surface area contributed by atoms with Gasteiger partial charge in [0.25, 0.3) is 5.16 Å². The number of benzene rings is 1. The number of ether oxygens (including phenoxy) is 3. The fourth-order valence-electron chi connectivity index (χ4n) is 1.88. The van der Waals surface area contributed by atoms with Crippen LogP contribution in [-0.4, -0.2) is 38.5 Å². The fourth-order valence-corrected chi connectivity index (χ4v) is 2.40. The predicted octanol–water partition coefficient (Wildman–Crippen LogP) is 1.28. The number of sulfone groups is 1. The topological polar surface area (TPSA) is 87.6 Å². The first kappa shape index (κ1) is 13.6. The Bertz CT molecular complexity index is 804. The quantitative estimate of drug-likeness (QED) is 0.789. The van der Waals surface area contributed by atoms with Gasteiger partial charge in [0.15, 0.2) is 11.5 Å². The van der Waals surface area contributed by atoms with Gasteiger partial charge in [-0.1, -0.05) is 0 Å². The summed E-state index contributed by atoms with van der Waals surface area (Å²) in [5, 5.41) is -0.283. The first-order valence-corrected chi connectivity index (χ1v) is 7.89. The lowest BCUT2D eigenvalue weighted by Gasteiger charge is -2.07. The van der Waals surface area contributed by atoms with Crippen molar-refractivity contribution in [3.8, 4) is 28.6 Å². The summed E-state index contributed by atoms with van der Waals surface area (Å²) in [6.07, 6.45) is 1.05. The third kappa shape index (κ3) is 2.62. The molecule has 8 heteroatoms. The summed E-state index contributed by atoms with van der Waals surface area (Å²) >= 11 is 0. The second kappa shape index (κ2) is 4.88. The zero-order valence-corrected chi connectivity index (χ0v) is 12.2. The molecule has 0 atom stereocenters. The third-order valence-corrected chi connectivity index (χ3v) is 3.74. The summed E-state index contributed by atoms with van der Waals surface area (Å²) in [6, 6.07) is 6.80. The van der Waals surface area contributed by atoms with Gasteiger partial charge >= 0.3 is 0 Å². The van der Waals surface area contributed by atoms with Crippen LogP contribution in [0.25, 0.3) is 11.3 Å². The molecule has 1 aliphatic heterocycles. The Kier molecular flexibility index (Phi) is 3.17. The molecule has 0 saturated carbocycles. The Morgan fingerprint density at radius 2 is 1.90 bits per heavy atom. The SMILES string of the molecule is COc1cc(-c2ccc3c(c2)OCO3)nc(S(C)(=O)=O)n1. The first-order chi connectivity index (χ1) is 9.97. The standard InChI is InChI=1S/C13H12N2O5S/c1-18-12-6-9(14-13(15-12)21(2,16)17)8-3-4-10-11(5-8)20-7-19-10/h3-6H,7H2,1-2H3. The van der Waals surface area contributed by atoms with Crippen molar-refractivity contribution in [2.75, 3.05) is 20.2 Å². The number of nitrogens with zero attached hydrogens (tertiary/aromatic N) is 2. The summed E-state index contributed by atoms with van der Waals surface area (Å²) in [7, 11) is -2.12. The van der Waals surface area contributed by atoms with Crippen molar-refractivity contribution < 1.29 is 22.6 Å². The molecule has 3 rings (SSSR count). The van der Waals surface area contributed by atoms with Crippen molar-refractivity contribution in [3.05, 3.63) is 24.3 Å². The molecule has 0 fully saturated rings. The number of fused-ring (bicyclic) bond motifs is 1. The fraction of sp³-hybridized carbons (Fsp3) is 0.231. The average molecular weight is 308 g/mol. The van der Waals surface area contributed by atoms with Crippen LogP contribution in [0.4, 0.5) is 0 Å². The van der Waals surface area contributed by atoms with Crippen molar-refractivity contribution in [2.24, 2.45) is 0 Å². The lowest BCUT2D eigenvalue weighted by Crippen LogP contribution is -2.06. The molecule has 2 aromatic rings. The highest BCUT2D eigenvalue weighted by Crippen LogP contribution is 2.36. The Labute approximate surface area is 121 Å². The minimum absolute atomic E-state index is 0.167. The van der Waals surface area contributed by atoms with Crippen LogP contribution in [-0.2, 0) is 9.84 Å². The Hall–Kier alpha value is -2.35. The van der Waals surface area contributed by atoms with E-state index in [0.717, 1.165) is 6.26 Å². The molecule has 0 aliphatic carbocycles. The van der Waals surface area contributed by atoms with E-state index in [2.05, 4.69) is 9.97 Å². The number of methoxy groups -OCH3 is 1. The van der Waals surface area contributed by atoms with E-state index in [9.17, 15) is 8.42 Å². The minimum Gasteiger partial charge on any atom is -0.481 e. The van der Waals surface area contributed by atoms with E-state index < -0.39 is 9.84 Å². The lowest BCUT2D eigenvalue weighted by atomic mass is 10.1. The van der Waals surface area contributed by atoms with Crippen molar-refractivity contribution >= 4 is 9.84 Å². The molecule has 21 heavy (non-hydrogen) atoms. The van der Waals surface area contributed by atoms with E-state index in [4.69, 9.17) is 14.2 Å². The highest BCUT2D eigenvalue weighted by molar-refractivity contribution is 7.90. The summed E-state index contributed by atoms with van der Waals surface area (Å²) in [4.78, 5) is 7.92. The van der Waals surface area contributed by atoms with Crippen LogP contribution in [0.1, 0.15) is 0 Å². The molecule has 0 unspecified atom stereocenters. The van der Waals surface area contributed by atoms with Gasteiger partial charge in [0.1, 0.15) is 0 Å². The molecule has 1 aliphatic rings. The van der Waals surface area contributed by atoms with Crippen molar-refractivity contribution in [3.63, 3.8) is 0 Å². The van der Waals surface area contributed by atoms with E-state index in [1.54, 1.807) is 24.3 Å². The second-order valence-electron chi connectivity index (χ2n) is 4.42. The predicted molar refractivity (Wildman–Crippen MR) is 73.3 cm³/mol. The smallest absolute Gasteiger partial charge is 0.250 e. The summed E-state index contributed by atoms with van der Waals surface area (Å²) in [6.45, 7) is 0.167. The Morgan fingerprint density at radius 1 is 1.14 bits per heavy atom. The summed E-state index contributed by atoms with van der Waals surface area (Å²) in [5.41, 5.74) is 1.12. The van der Waals surface area contributed by atoms with E-state index >= 15 is 0 Å². The highest BCUT2D eigenvalue weighted by Gasteiger charge is 2.18. The molecule has 0 spiro atoms. The van der Waals surface area contributed by atoms with Crippen LogP contribution < -0.4 is 14.2 Å². The molecular weight excluding hydrogens is 296 g/mol. The van der Waals surface area contributed by atoms with Crippen LogP contribution in [0, 0.1) is 0 Å². The van der Waals surface area contributed by atoms with Gasteiger partial charge < -0.3 is 14.2 Å². The van der Waals surface area contributed by atoms with Crippen LogP contribution in [0.15, 0.2) is 29.4 Å². The zero-order valence-electron chi connectivity index (χ0n) is 11.4. The highest BCUT2D eigenvalue weighted by atomic mass is 32.2. The minimum atomic E-state index is -3.54. The molecular formula is C13H12N2O5S. The number of hydrogen-bond acceptors (Lipinski definition) is 7. The van der Waals surface area contributed by atoms with Gasteiger partial charge in [-0.3, -0.25) is 0 Å². The van der Waals surface area contributed by atoms with Gasteiger partial charge in [0.2, 0.25) is 22.5 Å². The van der Waals surface area contributed by atoms with E-state index in [0.29, 0.717) is 22.8 Å². The van der Waals surface area contributed by atoms with Gasteiger partial charge in [-0.2, -0.15) is 4.98 Å². The number of rotatable bonds is 3. The van der Waals surface area contributed by atoms with Crippen LogP contribution in [0.2, 0.25) is 0 Å². The first-order valence-electron chi connectivity index (χ1n) is 6.00. The maximum atomic E-state index is 11.6. The van der Waals surface area contributed by atoms with Gasteiger partial charge in [0, 0.05) is 17.9 Å². The normalized spacial score (nSPS) is 13.2. The van der Waals surface area contributed by atoms with Crippen LogP contribution in [0.3, 0.4) is 0 Å². The largest absolute Gasteiger partial charge is 0.481 e. The Morgan fingerprint density at radius 3 is 2.62 bits per heavy atom. The second-order valence-corrected chi connectivity index (χ2v) is 6.33. The molecule has 0 N–H and O–H groups in total. The summed E-state index contributed by atoms with van der Waals surface area (Å²) < 4.78 is 38.9. The maximum Gasteiger partial charge on any atom is 0.250 e.